The van der Waals surface area contributed by atoms with Crippen molar-refractivity contribution >= 4 is 15.9 Å². The molecule has 21 heavy (non-hydrogen) atoms. The Morgan fingerprint density at radius 1 is 1.14 bits per heavy atom. The quantitative estimate of drug-likeness (QED) is 0.653. The summed E-state index contributed by atoms with van der Waals surface area (Å²) in [6.07, 6.45) is 6.48. The zero-order chi connectivity index (χ0) is 15.1. The van der Waals surface area contributed by atoms with Gasteiger partial charge in [0.15, 0.2) is 0 Å². The third-order valence-electron chi connectivity index (χ3n) is 4.19. The summed E-state index contributed by atoms with van der Waals surface area (Å²) in [7, 11) is 0. The standard InChI is InChI=1S/C18H29BrN2/c1-3-12-20-18(15-5-7-16(19)8-6-15)11-14-21(13-4-2)17-9-10-17/h5-8,17-18,20H,3-4,9-14H2,1-2H3. The predicted molar refractivity (Wildman–Crippen MR) is 94.7 cm³/mol. The number of nitrogens with zero attached hydrogens (tertiary/aromatic N) is 1. The van der Waals surface area contributed by atoms with Crippen LogP contribution >= 0.6 is 15.9 Å². The van der Waals surface area contributed by atoms with Gasteiger partial charge in [0.25, 0.3) is 0 Å². The molecule has 1 aliphatic carbocycles. The maximum atomic E-state index is 3.72. The van der Waals surface area contributed by atoms with E-state index in [-0.39, 0.29) is 0 Å². The van der Waals surface area contributed by atoms with Gasteiger partial charge >= 0.3 is 0 Å². The highest BCUT2D eigenvalue weighted by molar-refractivity contribution is 9.10. The molecular formula is C18H29BrN2. The smallest absolute Gasteiger partial charge is 0.0332 e. The van der Waals surface area contributed by atoms with Gasteiger partial charge in [0, 0.05) is 23.1 Å². The third-order valence-corrected chi connectivity index (χ3v) is 4.72. The number of benzene rings is 1. The first-order valence-corrected chi connectivity index (χ1v) is 9.26. The summed E-state index contributed by atoms with van der Waals surface area (Å²) in [6.45, 7) is 8.09. The second-order valence-electron chi connectivity index (χ2n) is 6.11. The van der Waals surface area contributed by atoms with Gasteiger partial charge in [-0.3, -0.25) is 0 Å². The van der Waals surface area contributed by atoms with E-state index in [1.54, 1.807) is 0 Å². The van der Waals surface area contributed by atoms with Gasteiger partial charge in [-0.15, -0.1) is 0 Å². The third kappa shape index (κ3) is 5.72. The molecule has 1 aromatic carbocycles. The maximum absolute atomic E-state index is 3.72. The minimum Gasteiger partial charge on any atom is -0.310 e. The van der Waals surface area contributed by atoms with E-state index in [0.29, 0.717) is 6.04 Å². The van der Waals surface area contributed by atoms with Gasteiger partial charge in [0.1, 0.15) is 0 Å². The molecule has 0 amide bonds. The van der Waals surface area contributed by atoms with E-state index < -0.39 is 0 Å². The Kier molecular flexibility index (Phi) is 7.21. The van der Waals surface area contributed by atoms with Crippen molar-refractivity contribution < 1.29 is 0 Å². The zero-order valence-electron chi connectivity index (χ0n) is 13.4. The highest BCUT2D eigenvalue weighted by Crippen LogP contribution is 2.28. The van der Waals surface area contributed by atoms with Crippen molar-refractivity contribution in [1.82, 2.24) is 10.2 Å². The van der Waals surface area contributed by atoms with Gasteiger partial charge in [-0.05, 0) is 62.9 Å². The van der Waals surface area contributed by atoms with E-state index in [1.807, 2.05) is 0 Å². The number of hydrogen-bond acceptors (Lipinski definition) is 2. The summed E-state index contributed by atoms with van der Waals surface area (Å²) in [5, 5.41) is 3.72. The summed E-state index contributed by atoms with van der Waals surface area (Å²) in [6, 6.07) is 10.2. The van der Waals surface area contributed by atoms with Crippen LogP contribution in [0.2, 0.25) is 0 Å². The fourth-order valence-corrected chi connectivity index (χ4v) is 3.16. The van der Waals surface area contributed by atoms with Crippen LogP contribution in [-0.4, -0.2) is 30.6 Å². The van der Waals surface area contributed by atoms with E-state index in [1.165, 1.54) is 50.8 Å². The largest absolute Gasteiger partial charge is 0.310 e. The molecule has 2 rings (SSSR count). The molecule has 118 valence electrons. The molecule has 0 bridgehead atoms. The molecule has 0 saturated heterocycles. The molecule has 0 aromatic heterocycles. The lowest BCUT2D eigenvalue weighted by Crippen LogP contribution is -2.32. The van der Waals surface area contributed by atoms with Gasteiger partial charge in [0.05, 0.1) is 0 Å². The molecule has 1 aromatic rings. The van der Waals surface area contributed by atoms with Crippen LogP contribution in [0.25, 0.3) is 0 Å². The van der Waals surface area contributed by atoms with Crippen molar-refractivity contribution in [2.24, 2.45) is 0 Å². The number of hydrogen-bond donors (Lipinski definition) is 1. The molecule has 1 unspecified atom stereocenters. The lowest BCUT2D eigenvalue weighted by atomic mass is 10.0. The highest BCUT2D eigenvalue weighted by atomic mass is 79.9. The van der Waals surface area contributed by atoms with Crippen LogP contribution in [0.3, 0.4) is 0 Å². The molecule has 2 nitrogen and oxygen atoms in total. The normalized spacial score (nSPS) is 16.4. The number of rotatable bonds is 10. The Morgan fingerprint density at radius 2 is 1.86 bits per heavy atom. The fourth-order valence-electron chi connectivity index (χ4n) is 2.90. The van der Waals surface area contributed by atoms with E-state index in [0.717, 1.165) is 17.1 Å². The average Bonchev–Trinajstić information content (AvgIpc) is 3.32. The van der Waals surface area contributed by atoms with Crippen LogP contribution in [0.4, 0.5) is 0 Å². The first-order valence-electron chi connectivity index (χ1n) is 8.47. The summed E-state index contributed by atoms with van der Waals surface area (Å²) >= 11 is 3.53. The van der Waals surface area contributed by atoms with Crippen molar-refractivity contribution in [3.63, 3.8) is 0 Å². The van der Waals surface area contributed by atoms with E-state index in [9.17, 15) is 0 Å². The number of nitrogens with one attached hydrogen (secondary N) is 1. The van der Waals surface area contributed by atoms with Gasteiger partial charge in [-0.1, -0.05) is 41.9 Å². The van der Waals surface area contributed by atoms with Crippen LogP contribution < -0.4 is 5.32 Å². The van der Waals surface area contributed by atoms with E-state index >= 15 is 0 Å². The molecule has 1 N–H and O–H groups in total. The van der Waals surface area contributed by atoms with Crippen molar-refractivity contribution in [3.05, 3.63) is 34.3 Å². The molecule has 0 heterocycles. The van der Waals surface area contributed by atoms with Crippen LogP contribution in [0, 0.1) is 0 Å². The first-order chi connectivity index (χ1) is 10.2. The van der Waals surface area contributed by atoms with Crippen LogP contribution in [-0.2, 0) is 0 Å². The van der Waals surface area contributed by atoms with E-state index in [2.05, 4.69) is 64.3 Å². The molecule has 1 fully saturated rings. The molecule has 1 aliphatic rings. The summed E-state index contributed by atoms with van der Waals surface area (Å²) in [5.74, 6) is 0. The maximum Gasteiger partial charge on any atom is 0.0332 e. The van der Waals surface area contributed by atoms with Crippen molar-refractivity contribution in [2.75, 3.05) is 19.6 Å². The Balaban J connectivity index is 1.93. The van der Waals surface area contributed by atoms with Crippen molar-refractivity contribution in [2.45, 2.75) is 58.0 Å². The minimum absolute atomic E-state index is 0.483. The molecular weight excluding hydrogens is 324 g/mol. The van der Waals surface area contributed by atoms with Crippen LogP contribution in [0.5, 0.6) is 0 Å². The SMILES string of the molecule is CCCNC(CCN(CCC)C1CC1)c1ccc(Br)cc1. The molecule has 0 aliphatic heterocycles. The Morgan fingerprint density at radius 3 is 2.43 bits per heavy atom. The summed E-state index contributed by atoms with van der Waals surface area (Å²) < 4.78 is 1.16. The molecule has 0 radical (unpaired) electrons. The highest BCUT2D eigenvalue weighted by Gasteiger charge is 2.28. The summed E-state index contributed by atoms with van der Waals surface area (Å²) in [5.41, 5.74) is 1.42. The molecule has 1 atom stereocenters. The molecule has 1 saturated carbocycles. The second kappa shape index (κ2) is 8.92. The monoisotopic (exact) mass is 352 g/mol. The predicted octanol–water partition coefficient (Wildman–Crippen LogP) is 4.75. The Bertz CT molecular complexity index is 400. The fraction of sp³-hybridized carbons (Fsp3) is 0.667. The topological polar surface area (TPSA) is 15.3 Å². The van der Waals surface area contributed by atoms with Crippen molar-refractivity contribution in [1.29, 1.82) is 0 Å². The second-order valence-corrected chi connectivity index (χ2v) is 7.03. The van der Waals surface area contributed by atoms with Crippen LogP contribution in [0.15, 0.2) is 28.7 Å². The Labute approximate surface area is 138 Å². The van der Waals surface area contributed by atoms with Gasteiger partial charge in [-0.2, -0.15) is 0 Å². The van der Waals surface area contributed by atoms with Crippen molar-refractivity contribution in [3.8, 4) is 0 Å². The first kappa shape index (κ1) is 17.0. The summed E-state index contributed by atoms with van der Waals surface area (Å²) in [4.78, 5) is 2.69. The average molecular weight is 353 g/mol. The molecule has 3 heteroatoms. The minimum atomic E-state index is 0.483. The van der Waals surface area contributed by atoms with Gasteiger partial charge < -0.3 is 10.2 Å². The van der Waals surface area contributed by atoms with Gasteiger partial charge in [-0.25, -0.2) is 0 Å². The lowest BCUT2D eigenvalue weighted by Gasteiger charge is -2.25. The van der Waals surface area contributed by atoms with Gasteiger partial charge in [0.2, 0.25) is 0 Å². The lowest BCUT2D eigenvalue weighted by molar-refractivity contribution is 0.247. The number of halogens is 1. The van der Waals surface area contributed by atoms with E-state index in [4.69, 9.17) is 0 Å². The Hall–Kier alpha value is -0.380. The zero-order valence-corrected chi connectivity index (χ0v) is 15.0. The molecule has 0 spiro atoms. The van der Waals surface area contributed by atoms with Crippen LogP contribution in [0.1, 0.15) is 57.6 Å².